The van der Waals surface area contributed by atoms with Crippen LogP contribution in [0.1, 0.15) is 45.2 Å². The van der Waals surface area contributed by atoms with Crippen molar-refractivity contribution in [3.05, 3.63) is 83.9 Å². The maximum absolute atomic E-state index is 14.1. The number of aryl methyl sites for hydroxylation is 1. The van der Waals surface area contributed by atoms with Crippen LogP contribution >= 0.6 is 11.8 Å². The molecule has 0 aromatic heterocycles. The van der Waals surface area contributed by atoms with Crippen molar-refractivity contribution in [3.8, 4) is 5.75 Å². The Morgan fingerprint density at radius 2 is 1.60 bits per heavy atom. The maximum atomic E-state index is 14.1. The van der Waals surface area contributed by atoms with Gasteiger partial charge in [0.15, 0.2) is 0 Å². The Balaban J connectivity index is 2.07. The first kappa shape index (κ1) is 33.0. The van der Waals surface area contributed by atoms with E-state index in [9.17, 15) is 18.0 Å². The van der Waals surface area contributed by atoms with Crippen molar-refractivity contribution in [3.63, 3.8) is 0 Å². The molecule has 0 aliphatic heterocycles. The maximum Gasteiger partial charge on any atom is 0.264 e. The number of amides is 2. The van der Waals surface area contributed by atoms with Gasteiger partial charge in [0.05, 0.1) is 17.2 Å². The first-order valence-corrected chi connectivity index (χ1v) is 16.7. The zero-order valence-electron chi connectivity index (χ0n) is 25.2. The number of sulfonamides is 1. The van der Waals surface area contributed by atoms with Crippen LogP contribution in [0.15, 0.2) is 82.6 Å². The number of thioether (sulfide) groups is 1. The lowest BCUT2D eigenvalue weighted by Crippen LogP contribution is -2.52. The van der Waals surface area contributed by atoms with Crippen molar-refractivity contribution < 1.29 is 22.7 Å². The van der Waals surface area contributed by atoms with Gasteiger partial charge in [-0.1, -0.05) is 48.9 Å². The average molecular weight is 612 g/mol. The van der Waals surface area contributed by atoms with Crippen molar-refractivity contribution in [2.45, 2.75) is 69.5 Å². The molecular formula is C32H41N3O5S2. The lowest BCUT2D eigenvalue weighted by molar-refractivity contribution is -0.139. The number of hydrogen-bond donors (Lipinski definition) is 1. The van der Waals surface area contributed by atoms with E-state index in [-0.39, 0.29) is 29.1 Å². The predicted molar refractivity (Wildman–Crippen MR) is 169 cm³/mol. The molecule has 0 saturated heterocycles. The lowest BCUT2D eigenvalue weighted by Gasteiger charge is -2.33. The smallest absolute Gasteiger partial charge is 0.264 e. The number of nitrogens with zero attached hydrogens (tertiary/aromatic N) is 2. The van der Waals surface area contributed by atoms with Crippen LogP contribution in [-0.4, -0.2) is 56.6 Å². The van der Waals surface area contributed by atoms with Gasteiger partial charge in [-0.05, 0) is 82.3 Å². The highest BCUT2D eigenvalue weighted by molar-refractivity contribution is 7.98. The molecule has 0 saturated carbocycles. The van der Waals surface area contributed by atoms with Gasteiger partial charge in [-0.25, -0.2) is 8.42 Å². The summed E-state index contributed by atoms with van der Waals surface area (Å²) < 4.78 is 35.1. The van der Waals surface area contributed by atoms with Crippen LogP contribution < -0.4 is 14.4 Å². The summed E-state index contributed by atoms with van der Waals surface area (Å²) in [4.78, 5) is 29.8. The number of anilines is 1. The topological polar surface area (TPSA) is 96.0 Å². The number of benzene rings is 3. The van der Waals surface area contributed by atoms with Crippen molar-refractivity contribution in [2.75, 3.05) is 23.7 Å². The van der Waals surface area contributed by atoms with Crippen LogP contribution in [0.4, 0.5) is 5.69 Å². The minimum Gasteiger partial charge on any atom is -0.492 e. The molecule has 2 atom stereocenters. The van der Waals surface area contributed by atoms with Crippen LogP contribution in [0.3, 0.4) is 0 Å². The van der Waals surface area contributed by atoms with Gasteiger partial charge in [-0.15, -0.1) is 11.8 Å². The van der Waals surface area contributed by atoms with E-state index in [4.69, 9.17) is 4.74 Å². The SMILES string of the molecule is CCOc1ccccc1N(CC(=O)N(Cc1ccc(C)cc1)[C@@H](C)C(=O)N[C@H](C)CC)S(=O)(=O)c1ccc(SC)cc1. The largest absolute Gasteiger partial charge is 0.492 e. The number of para-hydroxylation sites is 2. The van der Waals surface area contributed by atoms with E-state index in [1.807, 2.05) is 58.2 Å². The normalized spacial score (nSPS) is 12.7. The van der Waals surface area contributed by atoms with Crippen molar-refractivity contribution in [2.24, 2.45) is 0 Å². The van der Waals surface area contributed by atoms with Gasteiger partial charge < -0.3 is 15.0 Å². The van der Waals surface area contributed by atoms with Gasteiger partial charge in [0.1, 0.15) is 18.3 Å². The third-order valence-corrected chi connectivity index (χ3v) is 9.52. The van der Waals surface area contributed by atoms with E-state index in [0.29, 0.717) is 12.4 Å². The number of nitrogens with one attached hydrogen (secondary N) is 1. The molecule has 0 unspecified atom stereocenters. The summed E-state index contributed by atoms with van der Waals surface area (Å²) in [6.45, 7) is 9.24. The molecule has 0 aliphatic rings. The highest BCUT2D eigenvalue weighted by atomic mass is 32.2. The Hall–Kier alpha value is -3.50. The number of rotatable bonds is 14. The molecule has 0 radical (unpaired) electrons. The molecule has 2 amide bonds. The van der Waals surface area contributed by atoms with Gasteiger partial charge in [0.25, 0.3) is 10.0 Å². The fraction of sp³-hybridized carbons (Fsp3) is 0.375. The van der Waals surface area contributed by atoms with Gasteiger partial charge in [0.2, 0.25) is 11.8 Å². The summed E-state index contributed by atoms with van der Waals surface area (Å²) in [5.74, 6) is -0.482. The van der Waals surface area contributed by atoms with E-state index >= 15 is 0 Å². The summed E-state index contributed by atoms with van der Waals surface area (Å²) in [5, 5.41) is 2.95. The molecule has 0 aliphatic carbocycles. The van der Waals surface area contributed by atoms with Crippen molar-refractivity contribution in [1.82, 2.24) is 10.2 Å². The quantitative estimate of drug-likeness (QED) is 0.237. The molecule has 1 N–H and O–H groups in total. The standard InChI is InChI=1S/C32H41N3O5S2/c1-7-24(4)33-32(37)25(5)34(21-26-15-13-23(3)14-16-26)31(36)22-35(29-11-9-10-12-30(29)40-8-2)42(38,39)28-19-17-27(41-6)18-20-28/h9-20,24-25H,7-8,21-22H2,1-6H3,(H,33,37)/t24-,25+/m1/s1. The average Bonchev–Trinajstić information content (AvgIpc) is 2.99. The molecule has 0 bridgehead atoms. The van der Waals surface area contributed by atoms with Crippen molar-refractivity contribution >= 4 is 39.3 Å². The molecule has 8 nitrogen and oxygen atoms in total. The number of hydrogen-bond acceptors (Lipinski definition) is 6. The highest BCUT2D eigenvalue weighted by Gasteiger charge is 2.34. The van der Waals surface area contributed by atoms with Gasteiger partial charge in [0, 0.05) is 17.5 Å². The van der Waals surface area contributed by atoms with Crippen LogP contribution in [0, 0.1) is 6.92 Å². The Labute approximate surface area is 254 Å². The highest BCUT2D eigenvalue weighted by Crippen LogP contribution is 2.33. The number of ether oxygens (including phenoxy) is 1. The second-order valence-corrected chi connectivity index (χ2v) is 12.8. The van der Waals surface area contributed by atoms with Gasteiger partial charge in [-0.3, -0.25) is 13.9 Å². The monoisotopic (exact) mass is 611 g/mol. The first-order chi connectivity index (χ1) is 20.0. The Morgan fingerprint density at radius 3 is 2.19 bits per heavy atom. The third kappa shape index (κ3) is 8.29. The first-order valence-electron chi connectivity index (χ1n) is 14.1. The summed E-state index contributed by atoms with van der Waals surface area (Å²) in [6.07, 6.45) is 2.65. The molecule has 10 heteroatoms. The van der Waals surface area contributed by atoms with E-state index in [0.717, 1.165) is 26.7 Å². The van der Waals surface area contributed by atoms with Crippen LogP contribution in [0.5, 0.6) is 5.75 Å². The lowest BCUT2D eigenvalue weighted by atomic mass is 10.1. The Morgan fingerprint density at radius 1 is 0.952 bits per heavy atom. The van der Waals surface area contributed by atoms with Crippen LogP contribution in [-0.2, 0) is 26.2 Å². The zero-order chi connectivity index (χ0) is 30.9. The minimum absolute atomic E-state index is 0.0482. The molecule has 0 spiro atoms. The molecule has 3 aromatic rings. The molecule has 42 heavy (non-hydrogen) atoms. The number of carbonyl (C=O) groups excluding carboxylic acids is 2. The second kappa shape index (κ2) is 15.1. The fourth-order valence-electron chi connectivity index (χ4n) is 4.27. The van der Waals surface area contributed by atoms with Gasteiger partial charge >= 0.3 is 0 Å². The van der Waals surface area contributed by atoms with Crippen LogP contribution in [0.2, 0.25) is 0 Å². The molecule has 3 aromatic carbocycles. The molecular weight excluding hydrogens is 571 g/mol. The fourth-order valence-corrected chi connectivity index (χ4v) is 6.10. The molecule has 0 fully saturated rings. The summed E-state index contributed by atoms with van der Waals surface area (Å²) in [6, 6.07) is 20.1. The predicted octanol–water partition coefficient (Wildman–Crippen LogP) is 5.64. The Bertz CT molecular complexity index is 1440. The second-order valence-electron chi connectivity index (χ2n) is 10.1. The minimum atomic E-state index is -4.20. The molecule has 3 rings (SSSR count). The van der Waals surface area contributed by atoms with E-state index < -0.39 is 28.5 Å². The molecule has 226 valence electrons. The van der Waals surface area contributed by atoms with Crippen LogP contribution in [0.25, 0.3) is 0 Å². The summed E-state index contributed by atoms with van der Waals surface area (Å²) in [5.41, 5.74) is 2.14. The number of carbonyl (C=O) groups is 2. The van der Waals surface area contributed by atoms with E-state index in [1.165, 1.54) is 28.8 Å². The summed E-state index contributed by atoms with van der Waals surface area (Å²) in [7, 11) is -4.20. The van der Waals surface area contributed by atoms with E-state index in [1.54, 1.807) is 43.3 Å². The van der Waals surface area contributed by atoms with Crippen molar-refractivity contribution in [1.29, 1.82) is 0 Å². The summed E-state index contributed by atoms with van der Waals surface area (Å²) >= 11 is 1.50. The Kier molecular flexibility index (Phi) is 11.9. The van der Waals surface area contributed by atoms with Gasteiger partial charge in [-0.2, -0.15) is 0 Å². The molecule has 0 heterocycles. The zero-order valence-corrected chi connectivity index (χ0v) is 26.8. The third-order valence-electron chi connectivity index (χ3n) is 7.00. The van der Waals surface area contributed by atoms with E-state index in [2.05, 4.69) is 5.32 Å².